The van der Waals surface area contributed by atoms with Crippen LogP contribution in [0.15, 0.2) is 6.33 Å². The number of nitrogens with zero attached hydrogens (tertiary/aromatic N) is 2. The second-order valence-corrected chi connectivity index (χ2v) is 3.10. The van der Waals surface area contributed by atoms with E-state index in [0.29, 0.717) is 0 Å². The Bertz CT molecular complexity index is 321. The fraction of sp³-hybridized carbons (Fsp3) is 0.333. The lowest BCUT2D eigenvalue weighted by atomic mass is 10.1. The van der Waals surface area contributed by atoms with Crippen LogP contribution in [-0.4, -0.2) is 16.1 Å². The van der Waals surface area contributed by atoms with E-state index in [1.807, 2.05) is 0 Å². The fourth-order valence-electron chi connectivity index (χ4n) is 0.775. The zero-order valence-electron chi connectivity index (χ0n) is 6.52. The van der Waals surface area contributed by atoms with Gasteiger partial charge in [0.25, 0.3) is 0 Å². The van der Waals surface area contributed by atoms with Crippen LogP contribution in [0, 0.1) is 0 Å². The second-order valence-electron chi connectivity index (χ2n) is 2.39. The van der Waals surface area contributed by atoms with Gasteiger partial charge in [-0.25, -0.2) is 9.97 Å². The molecule has 0 spiro atoms. The Morgan fingerprint density at radius 3 is 2.00 bits per heavy atom. The van der Waals surface area contributed by atoms with Crippen molar-refractivity contribution < 1.29 is 13.2 Å². The van der Waals surface area contributed by atoms with Gasteiger partial charge in [-0.2, -0.15) is 13.2 Å². The molecule has 2 N–H and O–H groups in total. The maximum atomic E-state index is 12.2. The SMILES string of the molecule is N[C@H](c1c(Cl)ncnc1Cl)C(F)(F)F. The van der Waals surface area contributed by atoms with E-state index in [4.69, 9.17) is 28.9 Å². The number of rotatable bonds is 1. The first-order chi connectivity index (χ1) is 6.34. The van der Waals surface area contributed by atoms with E-state index in [1.54, 1.807) is 0 Å². The van der Waals surface area contributed by atoms with Crippen LogP contribution in [0.3, 0.4) is 0 Å². The summed E-state index contributed by atoms with van der Waals surface area (Å²) in [5.41, 5.74) is 4.39. The predicted octanol–water partition coefficient (Wildman–Crippen LogP) is 2.35. The van der Waals surface area contributed by atoms with Gasteiger partial charge in [-0.05, 0) is 0 Å². The number of hydrogen-bond acceptors (Lipinski definition) is 3. The monoisotopic (exact) mass is 245 g/mol. The number of nitrogens with two attached hydrogens (primary N) is 1. The van der Waals surface area contributed by atoms with Gasteiger partial charge in [-0.1, -0.05) is 23.2 Å². The highest BCUT2D eigenvalue weighted by Gasteiger charge is 2.40. The van der Waals surface area contributed by atoms with E-state index < -0.39 is 28.1 Å². The van der Waals surface area contributed by atoms with Crippen LogP contribution in [0.5, 0.6) is 0 Å². The highest BCUT2D eigenvalue weighted by atomic mass is 35.5. The van der Waals surface area contributed by atoms with E-state index in [1.165, 1.54) is 0 Å². The molecule has 0 saturated heterocycles. The molecular weight excluding hydrogens is 242 g/mol. The molecule has 1 aromatic heterocycles. The van der Waals surface area contributed by atoms with Crippen molar-refractivity contribution in [3.63, 3.8) is 0 Å². The van der Waals surface area contributed by atoms with Crippen molar-refractivity contribution in [2.75, 3.05) is 0 Å². The van der Waals surface area contributed by atoms with E-state index in [9.17, 15) is 13.2 Å². The van der Waals surface area contributed by atoms with Gasteiger partial charge in [0.2, 0.25) is 0 Å². The number of halogens is 5. The molecule has 0 unspecified atom stereocenters. The molecule has 78 valence electrons. The van der Waals surface area contributed by atoms with Crippen molar-refractivity contribution in [1.29, 1.82) is 0 Å². The van der Waals surface area contributed by atoms with Crippen LogP contribution >= 0.6 is 23.2 Å². The van der Waals surface area contributed by atoms with Crippen molar-refractivity contribution >= 4 is 23.2 Å². The molecule has 0 aliphatic rings. The zero-order chi connectivity index (χ0) is 10.9. The summed E-state index contributed by atoms with van der Waals surface area (Å²) in [5, 5.41) is -0.787. The molecule has 0 aliphatic heterocycles. The topological polar surface area (TPSA) is 51.8 Å². The quantitative estimate of drug-likeness (QED) is 0.773. The van der Waals surface area contributed by atoms with Crippen LogP contribution in [0.2, 0.25) is 10.3 Å². The molecule has 1 atom stereocenters. The molecule has 0 aromatic carbocycles. The summed E-state index contributed by atoms with van der Waals surface area (Å²) >= 11 is 10.8. The number of aromatic nitrogens is 2. The molecule has 1 rings (SSSR count). The van der Waals surface area contributed by atoms with Gasteiger partial charge in [-0.3, -0.25) is 0 Å². The van der Waals surface area contributed by atoms with Crippen molar-refractivity contribution in [2.24, 2.45) is 5.73 Å². The van der Waals surface area contributed by atoms with Gasteiger partial charge >= 0.3 is 6.18 Å². The summed E-state index contributed by atoms with van der Waals surface area (Å²) < 4.78 is 36.6. The van der Waals surface area contributed by atoms with Crippen LogP contribution in [0.4, 0.5) is 13.2 Å². The van der Waals surface area contributed by atoms with Crippen molar-refractivity contribution in [2.45, 2.75) is 12.2 Å². The lowest BCUT2D eigenvalue weighted by molar-refractivity contribution is -0.149. The first-order valence-corrected chi connectivity index (χ1v) is 4.08. The van der Waals surface area contributed by atoms with Crippen LogP contribution in [-0.2, 0) is 0 Å². The third kappa shape index (κ3) is 2.26. The molecule has 14 heavy (non-hydrogen) atoms. The van der Waals surface area contributed by atoms with Gasteiger partial charge in [0.15, 0.2) is 0 Å². The van der Waals surface area contributed by atoms with Gasteiger partial charge in [0, 0.05) is 0 Å². The lowest BCUT2D eigenvalue weighted by Crippen LogP contribution is -2.29. The highest BCUT2D eigenvalue weighted by Crippen LogP contribution is 2.36. The van der Waals surface area contributed by atoms with Crippen LogP contribution in [0.1, 0.15) is 11.6 Å². The van der Waals surface area contributed by atoms with Gasteiger partial charge in [0.1, 0.15) is 22.7 Å². The molecule has 3 nitrogen and oxygen atoms in total. The predicted molar refractivity (Wildman–Crippen MR) is 45.0 cm³/mol. The molecule has 0 aliphatic carbocycles. The largest absolute Gasteiger partial charge is 0.407 e. The Balaban J connectivity index is 3.19. The molecule has 1 heterocycles. The minimum absolute atomic E-state index is 0.394. The first kappa shape index (κ1) is 11.5. The lowest BCUT2D eigenvalue weighted by Gasteiger charge is -2.16. The van der Waals surface area contributed by atoms with Crippen molar-refractivity contribution in [1.82, 2.24) is 9.97 Å². The summed E-state index contributed by atoms with van der Waals surface area (Å²) in [6.45, 7) is 0. The fourth-order valence-corrected chi connectivity index (χ4v) is 1.32. The summed E-state index contributed by atoms with van der Waals surface area (Å²) in [6, 6.07) is -2.27. The number of hydrogen-bond donors (Lipinski definition) is 1. The normalized spacial score (nSPS) is 14.1. The van der Waals surface area contributed by atoms with E-state index in [0.717, 1.165) is 6.33 Å². The summed E-state index contributed by atoms with van der Waals surface area (Å²) in [5.74, 6) is 0. The number of alkyl halides is 3. The average molecular weight is 246 g/mol. The maximum absolute atomic E-state index is 12.2. The van der Waals surface area contributed by atoms with Crippen molar-refractivity contribution in [3.8, 4) is 0 Å². The Morgan fingerprint density at radius 2 is 1.64 bits per heavy atom. The molecule has 0 saturated carbocycles. The third-order valence-corrected chi connectivity index (χ3v) is 2.05. The molecule has 1 aromatic rings. The van der Waals surface area contributed by atoms with Gasteiger partial charge in [0.05, 0.1) is 5.56 Å². The minimum atomic E-state index is -4.63. The Kier molecular flexibility index (Phi) is 3.18. The first-order valence-electron chi connectivity index (χ1n) is 3.32. The minimum Gasteiger partial charge on any atom is -0.316 e. The Labute approximate surface area is 87.0 Å². The summed E-state index contributed by atoms with van der Waals surface area (Å²) in [6.07, 6.45) is -3.67. The van der Waals surface area contributed by atoms with Crippen LogP contribution in [0.25, 0.3) is 0 Å². The zero-order valence-corrected chi connectivity index (χ0v) is 8.03. The second kappa shape index (κ2) is 3.88. The standard InChI is InChI=1S/C6H4Cl2F3N3/c7-4-2(3(12)6(9,10)11)5(8)14-1-13-4/h1,3H,12H2/t3-/m1/s1. The van der Waals surface area contributed by atoms with E-state index >= 15 is 0 Å². The maximum Gasteiger partial charge on any atom is 0.407 e. The average Bonchev–Trinajstić information content (AvgIpc) is 2.01. The van der Waals surface area contributed by atoms with E-state index in [-0.39, 0.29) is 0 Å². The highest BCUT2D eigenvalue weighted by molar-refractivity contribution is 6.34. The van der Waals surface area contributed by atoms with E-state index in [2.05, 4.69) is 9.97 Å². The van der Waals surface area contributed by atoms with Crippen LogP contribution < -0.4 is 5.73 Å². The Hall–Kier alpha value is -0.590. The molecule has 0 amide bonds. The van der Waals surface area contributed by atoms with Gasteiger partial charge < -0.3 is 5.73 Å². The smallest absolute Gasteiger partial charge is 0.316 e. The molecule has 0 bridgehead atoms. The Morgan fingerprint density at radius 1 is 1.21 bits per heavy atom. The molecular formula is C6H4Cl2F3N3. The van der Waals surface area contributed by atoms with Gasteiger partial charge in [-0.15, -0.1) is 0 Å². The third-order valence-electron chi connectivity index (χ3n) is 1.45. The summed E-state index contributed by atoms with van der Waals surface area (Å²) in [4.78, 5) is 6.73. The van der Waals surface area contributed by atoms with Crippen molar-refractivity contribution in [3.05, 3.63) is 22.2 Å². The molecule has 0 radical (unpaired) electrons. The molecule has 8 heteroatoms. The summed E-state index contributed by atoms with van der Waals surface area (Å²) in [7, 11) is 0. The molecule has 0 fully saturated rings.